The molecule has 0 spiro atoms. The Balaban J connectivity index is 1.23. The summed E-state index contributed by atoms with van der Waals surface area (Å²) in [6.07, 6.45) is 0. The second kappa shape index (κ2) is 9.25. The van der Waals surface area contributed by atoms with Gasteiger partial charge in [-0.05, 0) is 70.8 Å². The fourth-order valence-electron chi connectivity index (χ4n) is 8.78. The number of benzene rings is 7. The molecular formula is C45H30N2S. The minimum atomic E-state index is -0.0104. The molecule has 0 N–H and O–H groups in total. The molecular weight excluding hydrogens is 601 g/mol. The van der Waals surface area contributed by atoms with Gasteiger partial charge < -0.3 is 9.13 Å². The summed E-state index contributed by atoms with van der Waals surface area (Å²) in [7, 11) is 0. The summed E-state index contributed by atoms with van der Waals surface area (Å²) in [5.41, 5.74) is 12.9. The van der Waals surface area contributed by atoms with E-state index in [4.69, 9.17) is 0 Å². The minimum absolute atomic E-state index is 0.0104. The Morgan fingerprint density at radius 3 is 1.62 bits per heavy atom. The zero-order valence-corrected chi connectivity index (χ0v) is 27.5. The van der Waals surface area contributed by atoms with Crippen molar-refractivity contribution in [2.75, 3.05) is 0 Å². The third kappa shape index (κ3) is 3.27. The van der Waals surface area contributed by atoms with E-state index in [1.165, 1.54) is 97.4 Å². The number of thiophene rings is 1. The second-order valence-electron chi connectivity index (χ2n) is 13.7. The first-order valence-electron chi connectivity index (χ1n) is 16.7. The Morgan fingerprint density at radius 1 is 0.417 bits per heavy atom. The van der Waals surface area contributed by atoms with Crippen molar-refractivity contribution in [3.63, 3.8) is 0 Å². The smallest absolute Gasteiger partial charge is 0.0555 e. The molecule has 0 saturated heterocycles. The van der Waals surface area contributed by atoms with Gasteiger partial charge in [0.15, 0.2) is 0 Å². The molecule has 0 amide bonds. The lowest BCUT2D eigenvalue weighted by Gasteiger charge is -2.21. The standard InChI is InChI=1S/C45H30N2S/c1-45(2)35-17-9-6-14-29(35)34-26-28(20-23-36(34)45)47-38-19-11-8-16-33(38)42-40(47)25-22-31-30-21-24-39-41(43(30)48-44(31)42)32-15-7-10-18-37(32)46(39)27-12-4-3-5-13-27/h3-26H,1-2H3. The van der Waals surface area contributed by atoms with Gasteiger partial charge in [-0.3, -0.25) is 0 Å². The quantitative estimate of drug-likeness (QED) is 0.180. The van der Waals surface area contributed by atoms with Crippen LogP contribution in [0.2, 0.25) is 0 Å². The summed E-state index contributed by atoms with van der Waals surface area (Å²) in [5, 5.41) is 7.93. The van der Waals surface area contributed by atoms with Crippen LogP contribution in [0.5, 0.6) is 0 Å². The van der Waals surface area contributed by atoms with Crippen LogP contribution in [0.4, 0.5) is 0 Å². The van der Waals surface area contributed by atoms with Gasteiger partial charge in [-0.1, -0.05) is 111 Å². The number of hydrogen-bond donors (Lipinski definition) is 0. The van der Waals surface area contributed by atoms with Gasteiger partial charge in [0.1, 0.15) is 0 Å². The number of nitrogens with zero attached hydrogens (tertiary/aromatic N) is 2. The largest absolute Gasteiger partial charge is 0.309 e. The molecule has 1 aliphatic carbocycles. The van der Waals surface area contributed by atoms with Crippen LogP contribution >= 0.6 is 11.3 Å². The normalized spacial score (nSPS) is 13.8. The third-order valence-electron chi connectivity index (χ3n) is 10.9. The van der Waals surface area contributed by atoms with Gasteiger partial charge in [0, 0.05) is 58.5 Å². The molecule has 226 valence electrons. The van der Waals surface area contributed by atoms with Crippen LogP contribution in [0.25, 0.3) is 86.3 Å². The van der Waals surface area contributed by atoms with Crippen molar-refractivity contribution >= 4 is 75.1 Å². The van der Waals surface area contributed by atoms with E-state index < -0.39 is 0 Å². The molecule has 0 bridgehead atoms. The third-order valence-corrected chi connectivity index (χ3v) is 12.2. The average molecular weight is 631 g/mol. The van der Waals surface area contributed by atoms with Crippen LogP contribution in [0, 0.1) is 0 Å². The molecule has 1 aliphatic rings. The maximum absolute atomic E-state index is 2.49. The van der Waals surface area contributed by atoms with E-state index in [0.717, 1.165) is 0 Å². The van der Waals surface area contributed by atoms with E-state index >= 15 is 0 Å². The van der Waals surface area contributed by atoms with E-state index in [-0.39, 0.29) is 5.41 Å². The molecule has 10 aromatic rings. The summed E-state index contributed by atoms with van der Waals surface area (Å²) >= 11 is 1.95. The van der Waals surface area contributed by atoms with Crippen LogP contribution < -0.4 is 0 Å². The molecule has 7 aromatic carbocycles. The van der Waals surface area contributed by atoms with Crippen LogP contribution in [-0.2, 0) is 5.41 Å². The number of rotatable bonds is 2. The van der Waals surface area contributed by atoms with Crippen molar-refractivity contribution in [1.82, 2.24) is 9.13 Å². The molecule has 0 aliphatic heterocycles. The predicted octanol–water partition coefficient (Wildman–Crippen LogP) is 12.6. The van der Waals surface area contributed by atoms with E-state index in [9.17, 15) is 0 Å². The van der Waals surface area contributed by atoms with Crippen molar-refractivity contribution in [3.05, 3.63) is 157 Å². The highest BCUT2D eigenvalue weighted by Crippen LogP contribution is 2.51. The van der Waals surface area contributed by atoms with E-state index in [1.54, 1.807) is 0 Å². The van der Waals surface area contributed by atoms with Crippen molar-refractivity contribution < 1.29 is 0 Å². The molecule has 0 saturated carbocycles. The number of fused-ring (bicyclic) bond motifs is 14. The monoisotopic (exact) mass is 630 g/mol. The molecule has 3 heteroatoms. The van der Waals surface area contributed by atoms with Gasteiger partial charge in [0.05, 0.1) is 22.1 Å². The van der Waals surface area contributed by atoms with Gasteiger partial charge in [0.25, 0.3) is 0 Å². The first-order valence-corrected chi connectivity index (χ1v) is 17.5. The minimum Gasteiger partial charge on any atom is -0.309 e. The van der Waals surface area contributed by atoms with E-state index in [2.05, 4.69) is 169 Å². The fraction of sp³-hybridized carbons (Fsp3) is 0.0667. The van der Waals surface area contributed by atoms with E-state index in [1.807, 2.05) is 11.3 Å². The molecule has 0 unspecified atom stereocenters. The molecule has 0 radical (unpaired) electrons. The fourth-order valence-corrected chi connectivity index (χ4v) is 10.2. The Labute approximate surface area is 281 Å². The summed E-state index contributed by atoms with van der Waals surface area (Å²) in [4.78, 5) is 0. The highest BCUT2D eigenvalue weighted by Gasteiger charge is 2.35. The highest BCUT2D eigenvalue weighted by atomic mass is 32.1. The lowest BCUT2D eigenvalue weighted by Crippen LogP contribution is -2.14. The Morgan fingerprint density at radius 2 is 0.958 bits per heavy atom. The zero-order valence-electron chi connectivity index (χ0n) is 26.7. The van der Waals surface area contributed by atoms with Crippen molar-refractivity contribution in [2.24, 2.45) is 0 Å². The van der Waals surface area contributed by atoms with Crippen LogP contribution in [0.15, 0.2) is 146 Å². The molecule has 3 heterocycles. The van der Waals surface area contributed by atoms with Crippen molar-refractivity contribution in [1.29, 1.82) is 0 Å². The lowest BCUT2D eigenvalue weighted by atomic mass is 9.82. The zero-order chi connectivity index (χ0) is 31.7. The van der Waals surface area contributed by atoms with Gasteiger partial charge >= 0.3 is 0 Å². The van der Waals surface area contributed by atoms with Gasteiger partial charge in [-0.2, -0.15) is 0 Å². The molecule has 0 fully saturated rings. The molecule has 0 atom stereocenters. The van der Waals surface area contributed by atoms with Crippen LogP contribution in [0.1, 0.15) is 25.0 Å². The number of para-hydroxylation sites is 3. The number of aromatic nitrogens is 2. The van der Waals surface area contributed by atoms with E-state index in [0.29, 0.717) is 0 Å². The van der Waals surface area contributed by atoms with Gasteiger partial charge in [0.2, 0.25) is 0 Å². The summed E-state index contributed by atoms with van der Waals surface area (Å²) < 4.78 is 7.62. The maximum atomic E-state index is 2.49. The van der Waals surface area contributed by atoms with Gasteiger partial charge in [-0.25, -0.2) is 0 Å². The highest BCUT2D eigenvalue weighted by molar-refractivity contribution is 7.27. The molecule has 48 heavy (non-hydrogen) atoms. The maximum Gasteiger partial charge on any atom is 0.0555 e. The average Bonchev–Trinajstić information content (AvgIpc) is 3.84. The van der Waals surface area contributed by atoms with Gasteiger partial charge in [-0.15, -0.1) is 11.3 Å². The summed E-state index contributed by atoms with van der Waals surface area (Å²) in [5.74, 6) is 0. The Kier molecular flexibility index (Phi) is 5.09. The van der Waals surface area contributed by atoms with Crippen molar-refractivity contribution in [3.8, 4) is 22.5 Å². The Bertz CT molecular complexity index is 2970. The lowest BCUT2D eigenvalue weighted by molar-refractivity contribution is 0.660. The first kappa shape index (κ1) is 26.4. The molecule has 11 rings (SSSR count). The summed E-state index contributed by atoms with van der Waals surface area (Å²) in [6, 6.07) is 54.0. The first-order chi connectivity index (χ1) is 23.6. The SMILES string of the molecule is CC1(C)c2ccccc2-c2cc(-n3c4ccccc4c4c5sc6c(ccc7c6c6ccccc6n7-c6ccccc6)c5ccc43)ccc21. The predicted molar refractivity (Wildman–Crippen MR) is 206 cm³/mol. The second-order valence-corrected chi connectivity index (χ2v) is 14.7. The molecule has 2 nitrogen and oxygen atoms in total. The summed E-state index contributed by atoms with van der Waals surface area (Å²) in [6.45, 7) is 4.70. The number of hydrogen-bond acceptors (Lipinski definition) is 1. The Hall–Kier alpha value is -5.64. The topological polar surface area (TPSA) is 9.86 Å². The van der Waals surface area contributed by atoms with Crippen LogP contribution in [-0.4, -0.2) is 9.13 Å². The van der Waals surface area contributed by atoms with Crippen LogP contribution in [0.3, 0.4) is 0 Å². The molecule has 3 aromatic heterocycles. The van der Waals surface area contributed by atoms with Crippen molar-refractivity contribution in [2.45, 2.75) is 19.3 Å².